The van der Waals surface area contributed by atoms with Crippen LogP contribution in [0, 0.1) is 0 Å². The van der Waals surface area contributed by atoms with Crippen molar-refractivity contribution in [3.8, 4) is 0 Å². The van der Waals surface area contributed by atoms with Crippen LogP contribution in [0.2, 0.25) is 10.0 Å². The summed E-state index contributed by atoms with van der Waals surface area (Å²) >= 11 is 15.6. The van der Waals surface area contributed by atoms with E-state index in [0.717, 1.165) is 19.5 Å². The Labute approximate surface area is 174 Å². The molecule has 134 valence electrons. The molecule has 0 bridgehead atoms. The predicted octanol–water partition coefficient (Wildman–Crippen LogP) is 7.01. The Morgan fingerprint density at radius 2 is 1.74 bits per heavy atom. The van der Waals surface area contributed by atoms with Gasteiger partial charge in [0.1, 0.15) is 0 Å². The molecule has 1 heterocycles. The molecule has 4 aromatic rings. The standard InChI is InChI=1S/C20H12Cl2N2OS2/c21-14-6-2-1-5-13(14)19(25)23-12-9-10-17(15(22)11-12)26-20-24-16-7-3-4-8-18(16)27-20/h1-11H,(H,23,25). The number of thiazole rings is 1. The minimum atomic E-state index is -0.275. The maximum Gasteiger partial charge on any atom is 0.257 e. The van der Waals surface area contributed by atoms with E-state index in [1.54, 1.807) is 41.7 Å². The highest BCUT2D eigenvalue weighted by molar-refractivity contribution is 8.01. The van der Waals surface area contributed by atoms with Crippen LogP contribution in [0.4, 0.5) is 5.69 Å². The minimum absolute atomic E-state index is 0.275. The molecule has 0 saturated heterocycles. The number of carbonyl (C=O) groups is 1. The smallest absolute Gasteiger partial charge is 0.257 e. The summed E-state index contributed by atoms with van der Waals surface area (Å²) in [4.78, 5) is 17.9. The van der Waals surface area contributed by atoms with Gasteiger partial charge in [0.25, 0.3) is 5.91 Å². The molecule has 4 rings (SSSR count). The molecule has 0 unspecified atom stereocenters. The van der Waals surface area contributed by atoms with Crippen LogP contribution in [0.15, 0.2) is 76.0 Å². The highest BCUT2D eigenvalue weighted by Gasteiger charge is 2.12. The second kappa shape index (κ2) is 7.90. The molecule has 3 aromatic carbocycles. The van der Waals surface area contributed by atoms with Crippen LogP contribution < -0.4 is 5.32 Å². The second-order valence-electron chi connectivity index (χ2n) is 5.63. The molecule has 0 aliphatic heterocycles. The van der Waals surface area contributed by atoms with Gasteiger partial charge >= 0.3 is 0 Å². The van der Waals surface area contributed by atoms with Gasteiger partial charge in [-0.05, 0) is 42.5 Å². The van der Waals surface area contributed by atoms with Crippen molar-refractivity contribution in [3.63, 3.8) is 0 Å². The van der Waals surface area contributed by atoms with Crippen LogP contribution in [0.1, 0.15) is 10.4 Å². The summed E-state index contributed by atoms with van der Waals surface area (Å²) in [6.45, 7) is 0. The third-order valence-electron chi connectivity index (χ3n) is 3.78. The Bertz CT molecular complexity index is 1110. The molecule has 0 aliphatic rings. The number of anilines is 1. The third kappa shape index (κ3) is 4.12. The van der Waals surface area contributed by atoms with Gasteiger partial charge < -0.3 is 5.32 Å². The van der Waals surface area contributed by atoms with Crippen molar-refractivity contribution in [2.45, 2.75) is 9.24 Å². The van der Waals surface area contributed by atoms with Gasteiger partial charge in [0.05, 0.1) is 25.8 Å². The minimum Gasteiger partial charge on any atom is -0.322 e. The van der Waals surface area contributed by atoms with Crippen LogP contribution in [0.25, 0.3) is 10.2 Å². The quantitative estimate of drug-likeness (QED) is 0.378. The molecule has 7 heteroatoms. The van der Waals surface area contributed by atoms with Crippen LogP contribution in [0.3, 0.4) is 0 Å². The number of rotatable bonds is 4. The summed E-state index contributed by atoms with van der Waals surface area (Å²) in [5.41, 5.74) is 2.01. The van der Waals surface area contributed by atoms with Crippen molar-refractivity contribution in [2.75, 3.05) is 5.32 Å². The number of nitrogens with one attached hydrogen (secondary N) is 1. The number of hydrogen-bond donors (Lipinski definition) is 1. The molecule has 0 fully saturated rings. The van der Waals surface area contributed by atoms with E-state index in [1.165, 1.54) is 11.8 Å². The van der Waals surface area contributed by atoms with Crippen LogP contribution in [-0.4, -0.2) is 10.9 Å². The van der Waals surface area contributed by atoms with Crippen molar-refractivity contribution in [3.05, 3.63) is 82.3 Å². The summed E-state index contributed by atoms with van der Waals surface area (Å²) in [5.74, 6) is -0.275. The van der Waals surface area contributed by atoms with Gasteiger partial charge in [0.15, 0.2) is 4.34 Å². The normalized spacial score (nSPS) is 10.9. The Balaban J connectivity index is 1.52. The third-order valence-corrected chi connectivity index (χ3v) is 6.71. The summed E-state index contributed by atoms with van der Waals surface area (Å²) in [6.07, 6.45) is 0. The van der Waals surface area contributed by atoms with Gasteiger partial charge in [-0.3, -0.25) is 4.79 Å². The number of nitrogens with zero attached hydrogens (tertiary/aromatic N) is 1. The van der Waals surface area contributed by atoms with Crippen molar-refractivity contribution in [2.24, 2.45) is 0 Å². The van der Waals surface area contributed by atoms with Crippen LogP contribution >= 0.6 is 46.3 Å². The lowest BCUT2D eigenvalue weighted by Crippen LogP contribution is -2.12. The summed E-state index contributed by atoms with van der Waals surface area (Å²) in [6, 6.07) is 20.3. The zero-order valence-corrected chi connectivity index (χ0v) is 16.9. The summed E-state index contributed by atoms with van der Waals surface area (Å²) < 4.78 is 2.06. The molecule has 27 heavy (non-hydrogen) atoms. The Morgan fingerprint density at radius 3 is 2.52 bits per heavy atom. The molecule has 3 nitrogen and oxygen atoms in total. The fraction of sp³-hybridized carbons (Fsp3) is 0. The lowest BCUT2D eigenvalue weighted by atomic mass is 10.2. The average Bonchev–Trinajstić information content (AvgIpc) is 3.06. The van der Waals surface area contributed by atoms with Gasteiger partial charge in [-0.15, -0.1) is 11.3 Å². The second-order valence-corrected chi connectivity index (χ2v) is 8.76. The number of halogens is 2. The summed E-state index contributed by atoms with van der Waals surface area (Å²) in [5, 5.41) is 3.78. The number of carbonyl (C=O) groups excluding carboxylic acids is 1. The largest absolute Gasteiger partial charge is 0.322 e. The van der Waals surface area contributed by atoms with Crippen LogP contribution in [-0.2, 0) is 0 Å². The fourth-order valence-corrected chi connectivity index (χ4v) is 5.04. The fourth-order valence-electron chi connectivity index (χ4n) is 2.49. The molecule has 1 N–H and O–H groups in total. The highest BCUT2D eigenvalue weighted by Crippen LogP contribution is 2.38. The van der Waals surface area contributed by atoms with Gasteiger partial charge in [-0.25, -0.2) is 4.98 Å². The molecule has 0 atom stereocenters. The first kappa shape index (κ1) is 18.3. The number of fused-ring (bicyclic) bond motifs is 1. The summed E-state index contributed by atoms with van der Waals surface area (Å²) in [7, 11) is 0. The topological polar surface area (TPSA) is 42.0 Å². The molecule has 0 aliphatic carbocycles. The molecule has 0 saturated carbocycles. The number of hydrogen-bond acceptors (Lipinski definition) is 4. The van der Waals surface area contributed by atoms with Gasteiger partial charge in [0.2, 0.25) is 0 Å². The van der Waals surface area contributed by atoms with Gasteiger partial charge in [-0.1, -0.05) is 59.2 Å². The van der Waals surface area contributed by atoms with Crippen molar-refractivity contribution >= 4 is 68.1 Å². The molecule has 0 spiro atoms. The predicted molar refractivity (Wildman–Crippen MR) is 115 cm³/mol. The van der Waals surface area contributed by atoms with Gasteiger partial charge in [0, 0.05) is 10.6 Å². The number of aromatic nitrogens is 1. The van der Waals surface area contributed by atoms with E-state index >= 15 is 0 Å². The molecular weight excluding hydrogens is 419 g/mol. The van der Waals surface area contributed by atoms with E-state index in [9.17, 15) is 4.79 Å². The average molecular weight is 431 g/mol. The Morgan fingerprint density at radius 1 is 0.963 bits per heavy atom. The molecule has 0 radical (unpaired) electrons. The number of para-hydroxylation sites is 1. The van der Waals surface area contributed by atoms with E-state index in [0.29, 0.717) is 21.3 Å². The van der Waals surface area contributed by atoms with E-state index in [2.05, 4.69) is 10.3 Å². The van der Waals surface area contributed by atoms with E-state index < -0.39 is 0 Å². The maximum atomic E-state index is 12.4. The lowest BCUT2D eigenvalue weighted by Gasteiger charge is -2.09. The van der Waals surface area contributed by atoms with E-state index in [-0.39, 0.29) is 5.91 Å². The SMILES string of the molecule is O=C(Nc1ccc(Sc2nc3ccccc3s2)c(Cl)c1)c1ccccc1Cl. The zero-order chi connectivity index (χ0) is 18.8. The number of amides is 1. The van der Waals surface area contributed by atoms with Crippen LogP contribution in [0.5, 0.6) is 0 Å². The van der Waals surface area contributed by atoms with Crippen molar-refractivity contribution < 1.29 is 4.79 Å². The maximum absolute atomic E-state index is 12.4. The number of benzene rings is 3. The first-order chi connectivity index (χ1) is 13.1. The monoisotopic (exact) mass is 430 g/mol. The molecular formula is C20H12Cl2N2OS2. The lowest BCUT2D eigenvalue weighted by molar-refractivity contribution is 0.102. The molecule has 1 amide bonds. The van der Waals surface area contributed by atoms with E-state index in [1.807, 2.05) is 36.4 Å². The molecule has 1 aromatic heterocycles. The first-order valence-corrected chi connectivity index (χ1v) is 10.4. The van der Waals surface area contributed by atoms with E-state index in [4.69, 9.17) is 23.2 Å². The first-order valence-electron chi connectivity index (χ1n) is 7.99. The Kier molecular flexibility index (Phi) is 5.36. The van der Waals surface area contributed by atoms with Crippen molar-refractivity contribution in [1.29, 1.82) is 0 Å². The zero-order valence-electron chi connectivity index (χ0n) is 13.8. The Hall–Kier alpha value is -2.05. The highest BCUT2D eigenvalue weighted by atomic mass is 35.5. The van der Waals surface area contributed by atoms with Gasteiger partial charge in [-0.2, -0.15) is 0 Å². The van der Waals surface area contributed by atoms with Crippen molar-refractivity contribution in [1.82, 2.24) is 4.98 Å².